The van der Waals surface area contributed by atoms with Gasteiger partial charge in [-0.2, -0.15) is 5.26 Å². The minimum absolute atomic E-state index is 0.301. The highest BCUT2D eigenvalue weighted by Gasteiger charge is 2.11. The van der Waals surface area contributed by atoms with Gasteiger partial charge in [0.1, 0.15) is 0 Å². The van der Waals surface area contributed by atoms with Gasteiger partial charge in [-0.05, 0) is 17.7 Å². The Morgan fingerprint density at radius 3 is 2.62 bits per heavy atom. The van der Waals surface area contributed by atoms with E-state index in [4.69, 9.17) is 10.1 Å². The molecule has 0 atom stereocenters. The number of hydrogen-bond acceptors (Lipinski definition) is 4. The minimum Gasteiger partial charge on any atom is -0.269 e. The summed E-state index contributed by atoms with van der Waals surface area (Å²) in [6.45, 7) is 0.306. The fraction of sp³-hybridized carbons (Fsp3) is 0.125. The van der Waals surface area contributed by atoms with Crippen LogP contribution >= 0.6 is 11.8 Å². The van der Waals surface area contributed by atoms with Gasteiger partial charge >= 0.3 is 0 Å². The Bertz CT molecular complexity index is 638. The first-order valence-corrected chi connectivity index (χ1v) is 7.34. The van der Waals surface area contributed by atoms with Crippen LogP contribution in [0.1, 0.15) is 15.9 Å². The van der Waals surface area contributed by atoms with Gasteiger partial charge in [0, 0.05) is 4.90 Å². The van der Waals surface area contributed by atoms with Crippen LogP contribution in [0.2, 0.25) is 0 Å². The highest BCUT2D eigenvalue weighted by atomic mass is 32.2. The second-order valence-corrected chi connectivity index (χ2v) is 5.17. The van der Waals surface area contributed by atoms with E-state index in [1.165, 1.54) is 11.8 Å². The Morgan fingerprint density at radius 1 is 1.14 bits per heavy atom. The maximum atomic E-state index is 12.1. The molecule has 5 heteroatoms. The summed E-state index contributed by atoms with van der Waals surface area (Å²) in [5.41, 5.74) is 3.91. The van der Waals surface area contributed by atoms with Gasteiger partial charge < -0.3 is 0 Å². The largest absolute Gasteiger partial charge is 0.275 e. The second kappa shape index (κ2) is 8.10. The van der Waals surface area contributed by atoms with Gasteiger partial charge in [0.15, 0.2) is 0 Å². The van der Waals surface area contributed by atoms with E-state index in [0.29, 0.717) is 17.9 Å². The standard InChI is InChI=1S/C16H14N2O2S/c17-10-11-21-15-9-5-4-8-14(15)16(19)18-20-12-13-6-2-1-3-7-13/h1-9H,11-12H2,(H,18,19). The molecule has 0 aliphatic heterocycles. The lowest BCUT2D eigenvalue weighted by atomic mass is 10.2. The van der Waals surface area contributed by atoms with E-state index in [9.17, 15) is 4.79 Å². The molecular formula is C16H14N2O2S. The number of benzene rings is 2. The number of nitrogens with one attached hydrogen (secondary N) is 1. The molecule has 2 rings (SSSR count). The van der Waals surface area contributed by atoms with Gasteiger partial charge in [0.25, 0.3) is 5.91 Å². The molecule has 0 spiro atoms. The number of hydroxylamine groups is 1. The Balaban J connectivity index is 1.93. The summed E-state index contributed by atoms with van der Waals surface area (Å²) >= 11 is 1.33. The Morgan fingerprint density at radius 2 is 1.86 bits per heavy atom. The van der Waals surface area contributed by atoms with Crippen molar-refractivity contribution in [2.75, 3.05) is 5.75 Å². The van der Waals surface area contributed by atoms with E-state index < -0.39 is 0 Å². The maximum absolute atomic E-state index is 12.1. The van der Waals surface area contributed by atoms with Crippen molar-refractivity contribution in [2.45, 2.75) is 11.5 Å². The Labute approximate surface area is 127 Å². The Hall–Kier alpha value is -2.29. The number of rotatable bonds is 6. The molecule has 0 radical (unpaired) electrons. The highest BCUT2D eigenvalue weighted by Crippen LogP contribution is 2.22. The van der Waals surface area contributed by atoms with Crippen molar-refractivity contribution >= 4 is 17.7 Å². The lowest BCUT2D eigenvalue weighted by molar-refractivity contribution is 0.0231. The summed E-state index contributed by atoms with van der Waals surface area (Å²) in [6.07, 6.45) is 0. The van der Waals surface area contributed by atoms with E-state index in [1.54, 1.807) is 12.1 Å². The highest BCUT2D eigenvalue weighted by molar-refractivity contribution is 7.99. The van der Waals surface area contributed by atoms with E-state index in [2.05, 4.69) is 5.48 Å². The zero-order chi connectivity index (χ0) is 14.9. The van der Waals surface area contributed by atoms with Gasteiger partial charge in [0.05, 0.1) is 24.0 Å². The molecule has 2 aromatic rings. The molecule has 0 bridgehead atoms. The number of nitriles is 1. The average Bonchev–Trinajstić information content (AvgIpc) is 2.54. The summed E-state index contributed by atoms with van der Waals surface area (Å²) in [5, 5.41) is 8.63. The van der Waals surface area contributed by atoms with Crippen molar-refractivity contribution in [3.63, 3.8) is 0 Å². The van der Waals surface area contributed by atoms with Crippen LogP contribution in [0.4, 0.5) is 0 Å². The average molecular weight is 298 g/mol. The first-order valence-electron chi connectivity index (χ1n) is 6.36. The summed E-state index contributed by atoms with van der Waals surface area (Å²) in [6, 6.07) is 18.8. The zero-order valence-electron chi connectivity index (χ0n) is 11.3. The molecular weight excluding hydrogens is 284 g/mol. The van der Waals surface area contributed by atoms with Crippen molar-refractivity contribution in [2.24, 2.45) is 0 Å². The number of carbonyl (C=O) groups is 1. The SMILES string of the molecule is N#CCSc1ccccc1C(=O)NOCc1ccccc1. The topological polar surface area (TPSA) is 62.1 Å². The van der Waals surface area contributed by atoms with Crippen LogP contribution in [0, 0.1) is 11.3 Å². The number of carbonyl (C=O) groups excluding carboxylic acids is 1. The van der Waals surface area contributed by atoms with Crippen molar-refractivity contribution in [3.8, 4) is 6.07 Å². The number of hydrogen-bond donors (Lipinski definition) is 1. The molecule has 1 N–H and O–H groups in total. The molecule has 0 aliphatic rings. The molecule has 0 saturated carbocycles. The van der Waals surface area contributed by atoms with Crippen molar-refractivity contribution < 1.29 is 9.63 Å². The molecule has 0 heterocycles. The fourth-order valence-corrected chi connectivity index (χ4v) is 2.42. The molecule has 106 valence electrons. The van der Waals surface area contributed by atoms with Crippen LogP contribution < -0.4 is 5.48 Å². The van der Waals surface area contributed by atoms with Crippen LogP contribution in [0.5, 0.6) is 0 Å². The lowest BCUT2D eigenvalue weighted by Gasteiger charge is -2.09. The molecule has 0 aliphatic carbocycles. The summed E-state index contributed by atoms with van der Waals surface area (Å²) in [4.78, 5) is 18.1. The third-order valence-corrected chi connectivity index (χ3v) is 3.61. The lowest BCUT2D eigenvalue weighted by Crippen LogP contribution is -2.24. The van der Waals surface area contributed by atoms with Crippen LogP contribution in [0.15, 0.2) is 59.5 Å². The minimum atomic E-state index is -0.313. The molecule has 4 nitrogen and oxygen atoms in total. The second-order valence-electron chi connectivity index (χ2n) is 4.15. The maximum Gasteiger partial charge on any atom is 0.275 e. The normalized spacial score (nSPS) is 9.86. The third kappa shape index (κ3) is 4.63. The van der Waals surface area contributed by atoms with E-state index in [-0.39, 0.29) is 5.91 Å². The van der Waals surface area contributed by atoms with E-state index in [1.807, 2.05) is 48.5 Å². The molecule has 0 saturated heterocycles. The van der Waals surface area contributed by atoms with Crippen molar-refractivity contribution in [1.29, 1.82) is 5.26 Å². The van der Waals surface area contributed by atoms with Crippen LogP contribution in [0.3, 0.4) is 0 Å². The monoisotopic (exact) mass is 298 g/mol. The first kappa shape index (κ1) is 15.1. The molecule has 0 aromatic heterocycles. The molecule has 0 unspecified atom stereocenters. The number of amides is 1. The van der Waals surface area contributed by atoms with Gasteiger partial charge in [-0.1, -0.05) is 42.5 Å². The van der Waals surface area contributed by atoms with E-state index in [0.717, 1.165) is 10.5 Å². The third-order valence-electron chi connectivity index (χ3n) is 2.67. The summed E-state index contributed by atoms with van der Waals surface area (Å²) < 4.78 is 0. The summed E-state index contributed by atoms with van der Waals surface area (Å²) in [7, 11) is 0. The predicted molar refractivity (Wildman–Crippen MR) is 81.5 cm³/mol. The molecule has 2 aromatic carbocycles. The van der Waals surface area contributed by atoms with Gasteiger partial charge in [-0.25, -0.2) is 5.48 Å². The summed E-state index contributed by atoms with van der Waals surface area (Å²) in [5.74, 6) is -0.0122. The first-order chi connectivity index (χ1) is 10.3. The van der Waals surface area contributed by atoms with Crippen LogP contribution in [0.25, 0.3) is 0 Å². The van der Waals surface area contributed by atoms with Crippen LogP contribution in [-0.4, -0.2) is 11.7 Å². The van der Waals surface area contributed by atoms with Crippen molar-refractivity contribution in [1.82, 2.24) is 5.48 Å². The quantitative estimate of drug-likeness (QED) is 0.657. The van der Waals surface area contributed by atoms with Gasteiger partial charge in [-0.15, -0.1) is 11.8 Å². The smallest absolute Gasteiger partial charge is 0.269 e. The fourth-order valence-electron chi connectivity index (χ4n) is 1.70. The van der Waals surface area contributed by atoms with Gasteiger partial charge in [0.2, 0.25) is 0 Å². The predicted octanol–water partition coefficient (Wildman–Crippen LogP) is 3.16. The Kier molecular flexibility index (Phi) is 5.83. The zero-order valence-corrected chi connectivity index (χ0v) is 12.1. The van der Waals surface area contributed by atoms with E-state index >= 15 is 0 Å². The molecule has 21 heavy (non-hydrogen) atoms. The van der Waals surface area contributed by atoms with Crippen molar-refractivity contribution in [3.05, 3.63) is 65.7 Å². The number of thioether (sulfide) groups is 1. The van der Waals surface area contributed by atoms with Gasteiger partial charge in [-0.3, -0.25) is 9.63 Å². The van der Waals surface area contributed by atoms with Crippen LogP contribution in [-0.2, 0) is 11.4 Å². The molecule has 0 fully saturated rings. The molecule has 1 amide bonds. The number of nitrogens with zero attached hydrogens (tertiary/aromatic N) is 1.